The third kappa shape index (κ3) is 3.48. The van der Waals surface area contributed by atoms with Gasteiger partial charge in [-0.1, -0.05) is 0 Å². The molecule has 0 atom stereocenters. The van der Waals surface area contributed by atoms with Gasteiger partial charge in [0.1, 0.15) is 5.75 Å². The van der Waals surface area contributed by atoms with E-state index in [1.165, 1.54) is 19.2 Å². The van der Waals surface area contributed by atoms with Gasteiger partial charge in [0.05, 0.1) is 12.0 Å². The van der Waals surface area contributed by atoms with E-state index in [0.717, 1.165) is 0 Å². The third-order valence-corrected chi connectivity index (χ3v) is 3.52. The van der Waals surface area contributed by atoms with Gasteiger partial charge in [-0.3, -0.25) is 0 Å². The first-order valence-corrected chi connectivity index (χ1v) is 6.42. The largest absolute Gasteiger partial charge is 0.497 e. The molecule has 0 unspecified atom stereocenters. The Labute approximate surface area is 95.7 Å². The standard InChI is InChI=1S/C10H16N2O3S/c1-15-9-3-5-10(6-4-9)16(13,14)12-8-2-7-11/h3-6,12H,2,7-8,11H2,1H3. The lowest BCUT2D eigenvalue weighted by atomic mass is 10.3. The van der Waals surface area contributed by atoms with Gasteiger partial charge in [0.2, 0.25) is 10.0 Å². The number of nitrogens with two attached hydrogens (primary N) is 1. The van der Waals surface area contributed by atoms with Crippen molar-refractivity contribution in [3.63, 3.8) is 0 Å². The fraction of sp³-hybridized carbons (Fsp3) is 0.400. The van der Waals surface area contributed by atoms with Crippen molar-refractivity contribution in [1.29, 1.82) is 0 Å². The highest BCUT2D eigenvalue weighted by Gasteiger charge is 2.12. The van der Waals surface area contributed by atoms with E-state index in [9.17, 15) is 8.42 Å². The number of sulfonamides is 1. The SMILES string of the molecule is COc1ccc(S(=O)(=O)NCCCN)cc1. The molecule has 1 aromatic rings. The van der Waals surface area contributed by atoms with E-state index >= 15 is 0 Å². The van der Waals surface area contributed by atoms with Crippen molar-refractivity contribution < 1.29 is 13.2 Å². The zero-order valence-corrected chi connectivity index (χ0v) is 9.96. The lowest BCUT2D eigenvalue weighted by Crippen LogP contribution is -2.26. The zero-order chi connectivity index (χ0) is 12.0. The van der Waals surface area contributed by atoms with Crippen LogP contribution in [-0.4, -0.2) is 28.6 Å². The monoisotopic (exact) mass is 244 g/mol. The maximum absolute atomic E-state index is 11.7. The van der Waals surface area contributed by atoms with Crippen LogP contribution in [0.3, 0.4) is 0 Å². The van der Waals surface area contributed by atoms with Crippen molar-refractivity contribution in [2.24, 2.45) is 5.73 Å². The van der Waals surface area contributed by atoms with Crippen LogP contribution in [0.4, 0.5) is 0 Å². The first-order valence-electron chi connectivity index (χ1n) is 4.94. The summed E-state index contributed by atoms with van der Waals surface area (Å²) in [4.78, 5) is 0.227. The van der Waals surface area contributed by atoms with Crippen LogP contribution in [0.2, 0.25) is 0 Å². The van der Waals surface area contributed by atoms with Crippen LogP contribution < -0.4 is 15.2 Å². The maximum atomic E-state index is 11.7. The van der Waals surface area contributed by atoms with Gasteiger partial charge in [-0.2, -0.15) is 0 Å². The molecule has 0 fully saturated rings. The number of hydrogen-bond donors (Lipinski definition) is 2. The van der Waals surface area contributed by atoms with Crippen molar-refractivity contribution in [2.75, 3.05) is 20.2 Å². The summed E-state index contributed by atoms with van der Waals surface area (Å²) in [5.41, 5.74) is 5.28. The molecule has 6 heteroatoms. The maximum Gasteiger partial charge on any atom is 0.240 e. The molecule has 0 aliphatic rings. The Balaban J connectivity index is 2.74. The molecule has 0 amide bonds. The van der Waals surface area contributed by atoms with Gasteiger partial charge in [0.15, 0.2) is 0 Å². The Morgan fingerprint density at radius 2 is 1.94 bits per heavy atom. The average molecular weight is 244 g/mol. The third-order valence-electron chi connectivity index (χ3n) is 2.04. The van der Waals surface area contributed by atoms with Gasteiger partial charge in [-0.15, -0.1) is 0 Å². The summed E-state index contributed by atoms with van der Waals surface area (Å²) >= 11 is 0. The summed E-state index contributed by atoms with van der Waals surface area (Å²) in [6, 6.07) is 6.22. The number of ether oxygens (including phenoxy) is 1. The predicted molar refractivity (Wildman–Crippen MR) is 61.9 cm³/mol. The van der Waals surface area contributed by atoms with Crippen LogP contribution in [0, 0.1) is 0 Å². The van der Waals surface area contributed by atoms with Crippen LogP contribution >= 0.6 is 0 Å². The number of nitrogens with one attached hydrogen (secondary N) is 1. The molecule has 0 heterocycles. The van der Waals surface area contributed by atoms with E-state index in [2.05, 4.69) is 4.72 Å². The van der Waals surface area contributed by atoms with Gasteiger partial charge >= 0.3 is 0 Å². The number of rotatable bonds is 6. The highest BCUT2D eigenvalue weighted by molar-refractivity contribution is 7.89. The molecule has 5 nitrogen and oxygen atoms in total. The van der Waals surface area contributed by atoms with E-state index in [4.69, 9.17) is 10.5 Å². The van der Waals surface area contributed by atoms with Gasteiger partial charge in [-0.25, -0.2) is 13.1 Å². The van der Waals surface area contributed by atoms with Crippen LogP contribution in [0.1, 0.15) is 6.42 Å². The minimum absolute atomic E-state index is 0.227. The van der Waals surface area contributed by atoms with Gasteiger partial charge in [0.25, 0.3) is 0 Å². The first-order chi connectivity index (χ1) is 7.60. The van der Waals surface area contributed by atoms with Crippen LogP contribution in [-0.2, 0) is 10.0 Å². The van der Waals surface area contributed by atoms with Gasteiger partial charge < -0.3 is 10.5 Å². The Morgan fingerprint density at radius 1 is 1.31 bits per heavy atom. The number of methoxy groups -OCH3 is 1. The van der Waals surface area contributed by atoms with E-state index in [1.54, 1.807) is 12.1 Å². The smallest absolute Gasteiger partial charge is 0.240 e. The quantitative estimate of drug-likeness (QED) is 0.706. The Morgan fingerprint density at radius 3 is 2.44 bits per heavy atom. The summed E-state index contributed by atoms with van der Waals surface area (Å²) in [5, 5.41) is 0. The molecule has 0 aliphatic heterocycles. The van der Waals surface area contributed by atoms with Crippen LogP contribution in [0.5, 0.6) is 5.75 Å². The number of benzene rings is 1. The average Bonchev–Trinajstić information content (AvgIpc) is 2.29. The lowest BCUT2D eigenvalue weighted by molar-refractivity contribution is 0.414. The van der Waals surface area contributed by atoms with E-state index in [0.29, 0.717) is 25.3 Å². The fourth-order valence-corrected chi connectivity index (χ4v) is 2.22. The molecule has 1 rings (SSSR count). The highest BCUT2D eigenvalue weighted by Crippen LogP contribution is 2.14. The molecule has 0 aromatic heterocycles. The molecule has 0 saturated heterocycles. The van der Waals surface area contributed by atoms with Crippen molar-refractivity contribution in [1.82, 2.24) is 4.72 Å². The Bertz CT molecular complexity index is 414. The Kier molecular flexibility index (Phi) is 4.72. The minimum Gasteiger partial charge on any atom is -0.497 e. The fourth-order valence-electron chi connectivity index (χ4n) is 1.15. The topological polar surface area (TPSA) is 81.4 Å². The molecule has 0 spiro atoms. The highest BCUT2D eigenvalue weighted by atomic mass is 32.2. The molecule has 16 heavy (non-hydrogen) atoms. The molecule has 0 radical (unpaired) electrons. The normalized spacial score (nSPS) is 11.4. The second-order valence-electron chi connectivity index (χ2n) is 3.22. The molecular formula is C10H16N2O3S. The zero-order valence-electron chi connectivity index (χ0n) is 9.14. The van der Waals surface area contributed by atoms with E-state index in [-0.39, 0.29) is 4.90 Å². The molecule has 1 aromatic carbocycles. The second-order valence-corrected chi connectivity index (χ2v) is 4.98. The molecule has 0 saturated carbocycles. The predicted octanol–water partition coefficient (Wildman–Crippen LogP) is 0.322. The molecule has 90 valence electrons. The Hall–Kier alpha value is -1.11. The summed E-state index contributed by atoms with van der Waals surface area (Å²) in [6.45, 7) is 0.815. The van der Waals surface area contributed by atoms with E-state index in [1.807, 2.05) is 0 Å². The minimum atomic E-state index is -3.42. The van der Waals surface area contributed by atoms with Gasteiger partial charge in [-0.05, 0) is 37.2 Å². The van der Waals surface area contributed by atoms with Crippen molar-refractivity contribution >= 4 is 10.0 Å². The van der Waals surface area contributed by atoms with Crippen LogP contribution in [0.15, 0.2) is 29.2 Å². The summed E-state index contributed by atoms with van der Waals surface area (Å²) < 4.78 is 30.8. The summed E-state index contributed by atoms with van der Waals surface area (Å²) in [6.07, 6.45) is 0.620. The van der Waals surface area contributed by atoms with Crippen LogP contribution in [0.25, 0.3) is 0 Å². The van der Waals surface area contributed by atoms with Crippen molar-refractivity contribution in [3.8, 4) is 5.75 Å². The summed E-state index contributed by atoms with van der Waals surface area (Å²) in [5.74, 6) is 0.626. The summed E-state index contributed by atoms with van der Waals surface area (Å²) in [7, 11) is -1.89. The first kappa shape index (κ1) is 13.0. The molecule has 0 aliphatic carbocycles. The molecule has 3 N–H and O–H groups in total. The molecular weight excluding hydrogens is 228 g/mol. The molecule has 0 bridgehead atoms. The second kappa shape index (κ2) is 5.83. The van der Waals surface area contributed by atoms with Gasteiger partial charge in [0, 0.05) is 6.54 Å². The lowest BCUT2D eigenvalue weighted by Gasteiger charge is -2.06. The number of hydrogen-bond acceptors (Lipinski definition) is 4. The van der Waals surface area contributed by atoms with Crippen molar-refractivity contribution in [3.05, 3.63) is 24.3 Å². The van der Waals surface area contributed by atoms with E-state index < -0.39 is 10.0 Å². The van der Waals surface area contributed by atoms with Crippen molar-refractivity contribution in [2.45, 2.75) is 11.3 Å².